The van der Waals surface area contributed by atoms with Gasteiger partial charge in [-0.15, -0.1) is 0 Å². The average Bonchev–Trinajstić information content (AvgIpc) is 2.63. The van der Waals surface area contributed by atoms with Crippen LogP contribution in [0, 0.1) is 5.92 Å². The van der Waals surface area contributed by atoms with Crippen LogP contribution in [-0.4, -0.2) is 42.2 Å². The number of benzene rings is 1. The van der Waals surface area contributed by atoms with Gasteiger partial charge in [-0.3, -0.25) is 9.59 Å². The Labute approximate surface area is 154 Å². The molecule has 1 aliphatic heterocycles. The summed E-state index contributed by atoms with van der Waals surface area (Å²) in [5, 5.41) is 0. The number of nitrogens with two attached hydrogens (primary N) is 1. The van der Waals surface area contributed by atoms with Crippen LogP contribution in [0.4, 0.5) is 0 Å². The number of ether oxygens (including phenoxy) is 1. The predicted octanol–water partition coefficient (Wildman–Crippen LogP) is 2.09. The minimum Gasteiger partial charge on any atom is -0.484 e. The van der Waals surface area contributed by atoms with E-state index in [2.05, 4.69) is 0 Å². The van der Waals surface area contributed by atoms with Gasteiger partial charge in [-0.1, -0.05) is 12.1 Å². The topological polar surface area (TPSA) is 89.7 Å². The number of hydrogen-bond acceptors (Lipinski definition) is 4. The Hall–Kier alpha value is -2.37. The van der Waals surface area contributed by atoms with Gasteiger partial charge in [-0.2, -0.15) is 0 Å². The highest BCUT2D eigenvalue weighted by molar-refractivity contribution is 5.78. The summed E-state index contributed by atoms with van der Waals surface area (Å²) in [6, 6.07) is 7.50. The van der Waals surface area contributed by atoms with Crippen LogP contribution in [0.5, 0.6) is 5.75 Å². The quantitative estimate of drug-likeness (QED) is 0.730. The lowest BCUT2D eigenvalue weighted by atomic mass is 9.93. The normalized spacial score (nSPS) is 17.0. The Balaban J connectivity index is 1.76. The van der Waals surface area contributed by atoms with E-state index in [4.69, 9.17) is 10.5 Å². The second kappa shape index (κ2) is 9.94. The number of hydrogen-bond donors (Lipinski definition) is 1. The number of amides is 2. The first-order chi connectivity index (χ1) is 12.4. The number of primary amides is 1. The first-order valence-corrected chi connectivity index (χ1v) is 9.21. The SMILES string of the molecule is CC(=O)CCc1ccc(OCC(=O)N2CCCC(CCC(N)=O)C2)cc1. The van der Waals surface area contributed by atoms with Gasteiger partial charge in [0.15, 0.2) is 6.61 Å². The Morgan fingerprint density at radius 2 is 1.92 bits per heavy atom. The molecule has 26 heavy (non-hydrogen) atoms. The minimum atomic E-state index is -0.288. The molecule has 1 unspecified atom stereocenters. The van der Waals surface area contributed by atoms with Gasteiger partial charge in [0.1, 0.15) is 11.5 Å². The van der Waals surface area contributed by atoms with Gasteiger partial charge in [0, 0.05) is 25.9 Å². The molecule has 6 nitrogen and oxygen atoms in total. The van der Waals surface area contributed by atoms with Gasteiger partial charge in [-0.25, -0.2) is 0 Å². The first kappa shape index (κ1) is 19.9. The number of aryl methyl sites for hydroxylation is 1. The lowest BCUT2D eigenvalue weighted by Crippen LogP contribution is -2.42. The van der Waals surface area contributed by atoms with Gasteiger partial charge in [0.05, 0.1) is 0 Å². The molecule has 1 fully saturated rings. The minimum absolute atomic E-state index is 0.00926. The highest BCUT2D eigenvalue weighted by Crippen LogP contribution is 2.21. The molecule has 1 aromatic rings. The molecule has 0 saturated carbocycles. The van der Waals surface area contributed by atoms with Crippen molar-refractivity contribution in [2.75, 3.05) is 19.7 Å². The van der Waals surface area contributed by atoms with Gasteiger partial charge in [0.25, 0.3) is 5.91 Å². The molecule has 1 saturated heterocycles. The molecule has 0 radical (unpaired) electrons. The van der Waals surface area contributed by atoms with Crippen LogP contribution in [0.3, 0.4) is 0 Å². The van der Waals surface area contributed by atoms with Gasteiger partial charge < -0.3 is 20.2 Å². The molecule has 0 bridgehead atoms. The summed E-state index contributed by atoms with van der Waals surface area (Å²) in [6.45, 7) is 3.00. The van der Waals surface area contributed by atoms with Crippen molar-refractivity contribution >= 4 is 17.6 Å². The van der Waals surface area contributed by atoms with E-state index in [9.17, 15) is 14.4 Å². The number of carbonyl (C=O) groups is 3. The smallest absolute Gasteiger partial charge is 0.260 e. The van der Waals surface area contributed by atoms with Crippen molar-refractivity contribution in [3.8, 4) is 5.75 Å². The van der Waals surface area contributed by atoms with Crippen molar-refractivity contribution in [2.45, 2.75) is 45.4 Å². The number of likely N-dealkylation sites (tertiary alicyclic amines) is 1. The van der Waals surface area contributed by atoms with Crippen molar-refractivity contribution in [3.63, 3.8) is 0 Å². The molecule has 2 rings (SSSR count). The number of rotatable bonds is 9. The lowest BCUT2D eigenvalue weighted by Gasteiger charge is -2.32. The van der Waals surface area contributed by atoms with Gasteiger partial charge in [0.2, 0.25) is 5.91 Å². The third kappa shape index (κ3) is 6.86. The molecule has 0 aliphatic carbocycles. The fraction of sp³-hybridized carbons (Fsp3) is 0.550. The fourth-order valence-electron chi connectivity index (χ4n) is 3.18. The van der Waals surface area contributed by atoms with E-state index >= 15 is 0 Å². The van der Waals surface area contributed by atoms with E-state index in [1.807, 2.05) is 29.2 Å². The zero-order valence-electron chi connectivity index (χ0n) is 15.4. The van der Waals surface area contributed by atoms with E-state index in [0.717, 1.165) is 37.8 Å². The van der Waals surface area contributed by atoms with E-state index in [1.165, 1.54) is 0 Å². The summed E-state index contributed by atoms with van der Waals surface area (Å²) in [6.07, 6.45) is 4.33. The molecular weight excluding hydrogens is 332 g/mol. The van der Waals surface area contributed by atoms with Crippen LogP contribution in [-0.2, 0) is 20.8 Å². The Bertz CT molecular complexity index is 627. The van der Waals surface area contributed by atoms with E-state index in [0.29, 0.717) is 31.1 Å². The molecule has 1 aliphatic rings. The largest absolute Gasteiger partial charge is 0.484 e. The monoisotopic (exact) mass is 360 g/mol. The van der Waals surface area contributed by atoms with Crippen LogP contribution < -0.4 is 10.5 Å². The van der Waals surface area contributed by atoms with Crippen LogP contribution in [0.2, 0.25) is 0 Å². The predicted molar refractivity (Wildman–Crippen MR) is 98.7 cm³/mol. The summed E-state index contributed by atoms with van der Waals surface area (Å²) >= 11 is 0. The van der Waals surface area contributed by atoms with E-state index < -0.39 is 0 Å². The molecule has 0 spiro atoms. The molecule has 1 heterocycles. The van der Waals surface area contributed by atoms with E-state index in [1.54, 1.807) is 6.92 Å². The summed E-state index contributed by atoms with van der Waals surface area (Å²) in [7, 11) is 0. The first-order valence-electron chi connectivity index (χ1n) is 9.21. The number of piperidine rings is 1. The average molecular weight is 360 g/mol. The zero-order valence-corrected chi connectivity index (χ0v) is 15.4. The third-order valence-electron chi connectivity index (χ3n) is 4.72. The van der Waals surface area contributed by atoms with Gasteiger partial charge in [-0.05, 0) is 56.2 Å². The van der Waals surface area contributed by atoms with Crippen molar-refractivity contribution in [1.29, 1.82) is 0 Å². The highest BCUT2D eigenvalue weighted by Gasteiger charge is 2.24. The third-order valence-corrected chi connectivity index (χ3v) is 4.72. The summed E-state index contributed by atoms with van der Waals surface area (Å²) in [4.78, 5) is 36.1. The Morgan fingerprint density at radius 3 is 2.58 bits per heavy atom. The van der Waals surface area contributed by atoms with Crippen molar-refractivity contribution < 1.29 is 19.1 Å². The standard InChI is InChI=1S/C20H28N2O4/c1-15(23)4-5-16-6-9-18(10-7-16)26-14-20(25)22-12-2-3-17(13-22)8-11-19(21)24/h6-7,9-10,17H,2-5,8,11-14H2,1H3,(H2,21,24). The van der Waals surface area contributed by atoms with Crippen molar-refractivity contribution in [1.82, 2.24) is 4.90 Å². The van der Waals surface area contributed by atoms with Crippen LogP contribution >= 0.6 is 0 Å². The van der Waals surface area contributed by atoms with Gasteiger partial charge >= 0.3 is 0 Å². The molecule has 0 aromatic heterocycles. The molecule has 1 aromatic carbocycles. The van der Waals surface area contributed by atoms with Crippen molar-refractivity contribution in [2.24, 2.45) is 11.7 Å². The van der Waals surface area contributed by atoms with Crippen LogP contribution in [0.15, 0.2) is 24.3 Å². The number of Topliss-reactive ketones (excluding diaryl/α,β-unsaturated/α-hetero) is 1. The summed E-state index contributed by atoms with van der Waals surface area (Å²) in [5.41, 5.74) is 6.28. The van der Waals surface area contributed by atoms with E-state index in [-0.39, 0.29) is 24.2 Å². The molecule has 6 heteroatoms. The Kier molecular flexibility index (Phi) is 7.63. The lowest BCUT2D eigenvalue weighted by molar-refractivity contribution is -0.135. The Morgan fingerprint density at radius 1 is 1.19 bits per heavy atom. The molecule has 2 N–H and O–H groups in total. The molecular formula is C20H28N2O4. The number of ketones is 1. The highest BCUT2D eigenvalue weighted by atomic mass is 16.5. The number of carbonyl (C=O) groups excluding carboxylic acids is 3. The molecule has 1 atom stereocenters. The maximum absolute atomic E-state index is 12.4. The molecule has 142 valence electrons. The maximum atomic E-state index is 12.4. The second-order valence-electron chi connectivity index (χ2n) is 6.99. The summed E-state index contributed by atoms with van der Waals surface area (Å²) < 4.78 is 5.60. The van der Waals surface area contributed by atoms with Crippen LogP contribution in [0.25, 0.3) is 0 Å². The fourth-order valence-corrected chi connectivity index (χ4v) is 3.18. The van der Waals surface area contributed by atoms with Crippen LogP contribution in [0.1, 0.15) is 44.6 Å². The maximum Gasteiger partial charge on any atom is 0.260 e. The summed E-state index contributed by atoms with van der Waals surface area (Å²) in [5.74, 6) is 0.831. The number of nitrogens with zero attached hydrogens (tertiary/aromatic N) is 1. The second-order valence-corrected chi connectivity index (χ2v) is 6.99. The van der Waals surface area contributed by atoms with Crippen molar-refractivity contribution in [3.05, 3.63) is 29.8 Å². The molecule has 2 amide bonds. The zero-order chi connectivity index (χ0) is 18.9.